The molecule has 13 heteroatoms. The lowest BCUT2D eigenvalue weighted by Gasteiger charge is -2.45. The highest BCUT2D eigenvalue weighted by Crippen LogP contribution is 2.39. The van der Waals surface area contributed by atoms with Crippen molar-refractivity contribution < 1.29 is 40.3 Å². The van der Waals surface area contributed by atoms with E-state index < -0.39 is 59.6 Å². The van der Waals surface area contributed by atoms with Gasteiger partial charge in [-0.2, -0.15) is 26.3 Å². The molecule has 2 N–H and O–H groups in total. The summed E-state index contributed by atoms with van der Waals surface area (Å²) in [6.07, 6.45) is -8.23. The number of primary amides is 1. The Morgan fingerprint density at radius 1 is 0.929 bits per heavy atom. The average Bonchev–Trinajstić information content (AvgIpc) is 2.91. The molecule has 0 bridgehead atoms. The fourth-order valence-corrected chi connectivity index (χ4v) is 6.17. The number of alkyl halides is 6. The van der Waals surface area contributed by atoms with Crippen LogP contribution < -0.4 is 5.73 Å². The third-order valence-corrected chi connectivity index (χ3v) is 8.33. The zero-order valence-electron chi connectivity index (χ0n) is 23.2. The van der Waals surface area contributed by atoms with Crippen LogP contribution in [0.25, 0.3) is 0 Å². The highest BCUT2D eigenvalue weighted by Gasteiger charge is 2.41. The van der Waals surface area contributed by atoms with Crippen LogP contribution in [0.4, 0.5) is 35.5 Å². The zero-order chi connectivity index (χ0) is 31.0. The fourth-order valence-electron chi connectivity index (χ4n) is 6.17. The van der Waals surface area contributed by atoms with Gasteiger partial charge in [0.15, 0.2) is 0 Å². The van der Waals surface area contributed by atoms with Gasteiger partial charge >= 0.3 is 18.4 Å². The first-order chi connectivity index (χ1) is 19.5. The van der Waals surface area contributed by atoms with Crippen LogP contribution in [0.1, 0.15) is 53.0 Å². The molecule has 6 nitrogen and oxygen atoms in total. The van der Waals surface area contributed by atoms with Crippen molar-refractivity contribution >= 4 is 11.9 Å². The molecule has 2 unspecified atom stereocenters. The lowest BCUT2D eigenvalue weighted by atomic mass is 9.77. The van der Waals surface area contributed by atoms with E-state index in [9.17, 15) is 40.3 Å². The van der Waals surface area contributed by atoms with Crippen LogP contribution in [-0.2, 0) is 23.7 Å². The van der Waals surface area contributed by atoms with Crippen LogP contribution in [0.5, 0.6) is 0 Å². The minimum Gasteiger partial charge on any atom is -0.351 e. The summed E-state index contributed by atoms with van der Waals surface area (Å²) >= 11 is 0. The van der Waals surface area contributed by atoms with E-state index in [0.717, 1.165) is 10.5 Å². The molecular weight excluding hydrogens is 569 g/mol. The maximum atomic E-state index is 14.0. The Balaban J connectivity index is 1.58. The Morgan fingerprint density at radius 2 is 1.52 bits per heavy atom. The minimum absolute atomic E-state index is 0.0578. The zero-order valence-corrected chi connectivity index (χ0v) is 23.2. The molecule has 4 rings (SSSR count). The van der Waals surface area contributed by atoms with Crippen molar-refractivity contribution in [3.05, 3.63) is 70.0 Å². The van der Waals surface area contributed by atoms with Crippen molar-refractivity contribution in [2.75, 3.05) is 33.2 Å². The van der Waals surface area contributed by atoms with Crippen LogP contribution >= 0.6 is 0 Å². The summed E-state index contributed by atoms with van der Waals surface area (Å²) in [4.78, 5) is 30.3. The maximum absolute atomic E-state index is 14.0. The van der Waals surface area contributed by atoms with Gasteiger partial charge in [0.1, 0.15) is 5.82 Å². The Labute approximate surface area is 239 Å². The quantitative estimate of drug-likeness (QED) is 0.442. The number of rotatable bonds is 5. The number of carbonyl (C=O) groups excluding carboxylic acids is 2. The normalized spacial score (nSPS) is 20.9. The lowest BCUT2D eigenvalue weighted by molar-refractivity contribution is -0.143. The van der Waals surface area contributed by atoms with Crippen LogP contribution in [0, 0.1) is 18.7 Å². The molecule has 2 fully saturated rings. The van der Waals surface area contributed by atoms with Crippen molar-refractivity contribution in [2.45, 2.75) is 57.0 Å². The SMILES string of the molecule is Cc1cc(F)ccc1C1CN(C2CCN(C(N)=O)CC2)CCC1C(=O)N(C)Cc1cc(C(F)(F)F)cc(C(F)(F)F)c1. The number of aryl methyl sites for hydroxylation is 1. The molecule has 3 amide bonds. The van der Waals surface area contributed by atoms with Gasteiger partial charge in [-0.3, -0.25) is 9.69 Å². The summed E-state index contributed by atoms with van der Waals surface area (Å²) < 4.78 is 94.2. The van der Waals surface area contributed by atoms with Gasteiger partial charge in [0, 0.05) is 51.1 Å². The Kier molecular flexibility index (Phi) is 9.10. The van der Waals surface area contributed by atoms with Gasteiger partial charge in [-0.15, -0.1) is 0 Å². The molecule has 2 saturated heterocycles. The fraction of sp³-hybridized carbons (Fsp3) is 0.517. The van der Waals surface area contributed by atoms with Gasteiger partial charge in [0.2, 0.25) is 5.91 Å². The molecule has 2 aliphatic rings. The summed E-state index contributed by atoms with van der Waals surface area (Å²) in [5.41, 5.74) is 3.62. The number of piperidine rings is 2. The molecule has 0 aromatic heterocycles. The van der Waals surface area contributed by atoms with Gasteiger partial charge in [-0.05, 0) is 79.8 Å². The average molecular weight is 603 g/mol. The van der Waals surface area contributed by atoms with E-state index in [1.54, 1.807) is 17.9 Å². The van der Waals surface area contributed by atoms with Crippen molar-refractivity contribution in [1.82, 2.24) is 14.7 Å². The number of benzene rings is 2. The van der Waals surface area contributed by atoms with E-state index in [-0.39, 0.29) is 17.7 Å². The number of hydrogen-bond donors (Lipinski definition) is 1. The summed E-state index contributed by atoms with van der Waals surface area (Å²) in [6.45, 7) is 3.25. The molecule has 0 spiro atoms. The van der Waals surface area contributed by atoms with E-state index in [2.05, 4.69) is 4.90 Å². The number of nitrogens with zero attached hydrogens (tertiary/aromatic N) is 3. The van der Waals surface area contributed by atoms with E-state index >= 15 is 0 Å². The Morgan fingerprint density at radius 3 is 2.05 bits per heavy atom. The Hall–Kier alpha value is -3.35. The summed E-state index contributed by atoms with van der Waals surface area (Å²) in [7, 11) is 1.36. The molecule has 230 valence electrons. The highest BCUT2D eigenvalue weighted by molar-refractivity contribution is 5.80. The molecule has 0 aliphatic carbocycles. The van der Waals surface area contributed by atoms with Crippen molar-refractivity contribution in [2.24, 2.45) is 11.7 Å². The largest absolute Gasteiger partial charge is 0.416 e. The van der Waals surface area contributed by atoms with Crippen molar-refractivity contribution in [1.29, 1.82) is 0 Å². The van der Waals surface area contributed by atoms with Gasteiger partial charge < -0.3 is 15.5 Å². The van der Waals surface area contributed by atoms with Gasteiger partial charge in [0.25, 0.3) is 0 Å². The minimum atomic E-state index is -5.00. The predicted molar refractivity (Wildman–Crippen MR) is 141 cm³/mol. The second kappa shape index (κ2) is 12.1. The van der Waals surface area contributed by atoms with E-state index in [1.807, 2.05) is 0 Å². The second-order valence-electron chi connectivity index (χ2n) is 11.2. The molecule has 0 radical (unpaired) electrons. The smallest absolute Gasteiger partial charge is 0.351 e. The third-order valence-electron chi connectivity index (χ3n) is 8.33. The number of carbonyl (C=O) groups is 2. The first kappa shape index (κ1) is 31.6. The number of hydrogen-bond acceptors (Lipinski definition) is 3. The highest BCUT2D eigenvalue weighted by atomic mass is 19.4. The maximum Gasteiger partial charge on any atom is 0.416 e. The number of amides is 3. The summed E-state index contributed by atoms with van der Waals surface area (Å²) in [5, 5.41) is 0. The van der Waals surface area contributed by atoms with Crippen molar-refractivity contribution in [3.63, 3.8) is 0 Å². The molecule has 2 aromatic rings. The van der Waals surface area contributed by atoms with Crippen LogP contribution in [0.3, 0.4) is 0 Å². The van der Waals surface area contributed by atoms with E-state index in [4.69, 9.17) is 5.73 Å². The first-order valence-corrected chi connectivity index (χ1v) is 13.6. The molecule has 2 aromatic carbocycles. The Bertz CT molecular complexity index is 1270. The van der Waals surface area contributed by atoms with Crippen LogP contribution in [0.15, 0.2) is 36.4 Å². The summed E-state index contributed by atoms with van der Waals surface area (Å²) in [6, 6.07) is 5.25. The molecule has 2 atom stereocenters. The molecular formula is C29H33F7N4O2. The van der Waals surface area contributed by atoms with Gasteiger partial charge in [0.05, 0.1) is 11.1 Å². The number of urea groups is 1. The number of halogens is 7. The molecule has 2 heterocycles. The molecule has 0 saturated carbocycles. The predicted octanol–water partition coefficient (Wildman–Crippen LogP) is 5.78. The second-order valence-corrected chi connectivity index (χ2v) is 11.2. The van der Waals surface area contributed by atoms with E-state index in [0.29, 0.717) is 63.1 Å². The van der Waals surface area contributed by atoms with E-state index in [1.165, 1.54) is 19.2 Å². The van der Waals surface area contributed by atoms with Crippen LogP contribution in [-0.4, -0.2) is 65.9 Å². The van der Waals surface area contributed by atoms with Crippen LogP contribution in [0.2, 0.25) is 0 Å². The monoisotopic (exact) mass is 602 g/mol. The number of likely N-dealkylation sites (tertiary alicyclic amines) is 2. The lowest BCUT2D eigenvalue weighted by Crippen LogP contribution is -2.53. The summed E-state index contributed by atoms with van der Waals surface area (Å²) in [5.74, 6) is -1.88. The third kappa shape index (κ3) is 7.16. The van der Waals surface area contributed by atoms with Gasteiger partial charge in [-0.25, -0.2) is 9.18 Å². The molecule has 2 aliphatic heterocycles. The van der Waals surface area contributed by atoms with Gasteiger partial charge in [-0.1, -0.05) is 6.07 Å². The standard InChI is InChI=1S/C29H33F7N4O2/c1-17-11-21(30)3-4-23(17)25-16-40(22-5-8-39(9-6-22)27(37)42)10-7-24(25)26(41)38(2)15-18-12-19(28(31,32)33)14-20(13-18)29(34,35)36/h3-4,11-14,22,24-25H,5-10,15-16H2,1-2H3,(H2,37,42). The first-order valence-electron chi connectivity index (χ1n) is 13.6. The van der Waals surface area contributed by atoms with Crippen molar-refractivity contribution in [3.8, 4) is 0 Å². The molecule has 42 heavy (non-hydrogen) atoms. The topological polar surface area (TPSA) is 69.9 Å². The number of nitrogens with two attached hydrogens (primary N) is 1.